The van der Waals surface area contributed by atoms with Crippen molar-refractivity contribution in [2.75, 3.05) is 7.11 Å². The fourth-order valence-corrected chi connectivity index (χ4v) is 1.06. The molecule has 0 saturated carbocycles. The van der Waals surface area contributed by atoms with Crippen molar-refractivity contribution in [3.8, 4) is 5.88 Å². The van der Waals surface area contributed by atoms with Gasteiger partial charge in [-0.2, -0.15) is 0 Å². The van der Waals surface area contributed by atoms with Crippen molar-refractivity contribution in [2.24, 2.45) is 0 Å². The molecule has 0 aromatic carbocycles. The van der Waals surface area contributed by atoms with E-state index in [-0.39, 0.29) is 0 Å². The Morgan fingerprint density at radius 3 is 3.00 bits per heavy atom. The van der Waals surface area contributed by atoms with Crippen LogP contribution in [0.1, 0.15) is 10.4 Å². The molecule has 0 bridgehead atoms. The molecule has 0 aliphatic carbocycles. The van der Waals surface area contributed by atoms with Crippen LogP contribution in [0, 0.1) is 3.57 Å². The van der Waals surface area contributed by atoms with Gasteiger partial charge in [0.25, 0.3) is 0 Å². The Kier molecular flexibility index (Phi) is 2.81. The molecule has 0 spiro atoms. The van der Waals surface area contributed by atoms with Crippen LogP contribution in [0.25, 0.3) is 0 Å². The van der Waals surface area contributed by atoms with Crippen LogP contribution in [0.5, 0.6) is 5.88 Å². The Labute approximate surface area is 77.9 Å². The summed E-state index contributed by atoms with van der Waals surface area (Å²) < 4.78 is 5.67. The van der Waals surface area contributed by atoms with E-state index in [0.717, 1.165) is 9.86 Å². The largest absolute Gasteiger partial charge is 0.481 e. The molecule has 0 aliphatic heterocycles. The van der Waals surface area contributed by atoms with Gasteiger partial charge in [-0.05, 0) is 22.6 Å². The normalized spacial score (nSPS) is 9.27. The third-order valence-electron chi connectivity index (χ3n) is 1.20. The number of ether oxygens (including phenoxy) is 1. The summed E-state index contributed by atoms with van der Waals surface area (Å²) >= 11 is 2.04. The average Bonchev–Trinajstić information content (AvgIpc) is 2.05. The topological polar surface area (TPSA) is 39.2 Å². The van der Waals surface area contributed by atoms with Crippen molar-refractivity contribution in [3.63, 3.8) is 0 Å². The Hall–Kier alpha value is -0.650. The minimum absolute atomic E-state index is 0.465. The zero-order chi connectivity index (χ0) is 8.27. The van der Waals surface area contributed by atoms with Gasteiger partial charge in [0.2, 0.25) is 5.88 Å². The van der Waals surface area contributed by atoms with Gasteiger partial charge in [0.1, 0.15) is 0 Å². The highest BCUT2D eigenvalue weighted by Gasteiger charge is 2.00. The van der Waals surface area contributed by atoms with Gasteiger partial charge >= 0.3 is 0 Å². The minimum atomic E-state index is 0.465. The van der Waals surface area contributed by atoms with Crippen molar-refractivity contribution in [1.82, 2.24) is 4.98 Å². The number of carbonyl (C=O) groups is 1. The summed E-state index contributed by atoms with van der Waals surface area (Å²) in [4.78, 5) is 14.3. The van der Waals surface area contributed by atoms with E-state index in [1.807, 2.05) is 22.6 Å². The SMILES string of the molecule is COc1cc(C=O)c(I)cn1. The Morgan fingerprint density at radius 2 is 2.45 bits per heavy atom. The van der Waals surface area contributed by atoms with Crippen LogP contribution in [-0.4, -0.2) is 18.4 Å². The van der Waals surface area contributed by atoms with Gasteiger partial charge in [0, 0.05) is 21.4 Å². The Balaban J connectivity index is 3.12. The van der Waals surface area contributed by atoms with Gasteiger partial charge in [0.15, 0.2) is 6.29 Å². The number of aromatic nitrogens is 1. The molecule has 4 heteroatoms. The second-order valence-corrected chi connectivity index (χ2v) is 3.03. The number of halogens is 1. The van der Waals surface area contributed by atoms with Crippen LogP contribution in [0.15, 0.2) is 12.3 Å². The number of aldehydes is 1. The van der Waals surface area contributed by atoms with Gasteiger partial charge in [0.05, 0.1) is 7.11 Å². The first-order chi connectivity index (χ1) is 5.27. The van der Waals surface area contributed by atoms with Crippen LogP contribution in [0.3, 0.4) is 0 Å². The van der Waals surface area contributed by atoms with Gasteiger partial charge in [-0.15, -0.1) is 0 Å². The van der Waals surface area contributed by atoms with Crippen molar-refractivity contribution in [3.05, 3.63) is 21.4 Å². The van der Waals surface area contributed by atoms with Crippen LogP contribution < -0.4 is 4.74 Å². The maximum absolute atomic E-state index is 10.4. The summed E-state index contributed by atoms with van der Waals surface area (Å²) in [6.45, 7) is 0. The van der Waals surface area contributed by atoms with E-state index in [9.17, 15) is 4.79 Å². The van der Waals surface area contributed by atoms with Gasteiger partial charge in [-0.1, -0.05) is 0 Å². The average molecular weight is 263 g/mol. The second-order valence-electron chi connectivity index (χ2n) is 1.87. The zero-order valence-corrected chi connectivity index (χ0v) is 8.03. The van der Waals surface area contributed by atoms with E-state index in [1.165, 1.54) is 7.11 Å². The molecule has 0 fully saturated rings. The van der Waals surface area contributed by atoms with E-state index < -0.39 is 0 Å². The fourth-order valence-electron chi connectivity index (χ4n) is 0.636. The molecule has 1 heterocycles. The molecule has 1 aromatic rings. The van der Waals surface area contributed by atoms with Gasteiger partial charge in [-0.25, -0.2) is 4.98 Å². The number of rotatable bonds is 2. The molecule has 0 atom stereocenters. The number of nitrogens with zero attached hydrogens (tertiary/aromatic N) is 1. The highest BCUT2D eigenvalue weighted by molar-refractivity contribution is 14.1. The van der Waals surface area contributed by atoms with Crippen LogP contribution in [0.4, 0.5) is 0 Å². The third-order valence-corrected chi connectivity index (χ3v) is 2.10. The van der Waals surface area contributed by atoms with E-state index >= 15 is 0 Å². The molecular formula is C7H6INO2. The van der Waals surface area contributed by atoms with Crippen LogP contribution in [-0.2, 0) is 0 Å². The smallest absolute Gasteiger partial charge is 0.213 e. The monoisotopic (exact) mass is 263 g/mol. The predicted octanol–water partition coefficient (Wildman–Crippen LogP) is 1.51. The maximum Gasteiger partial charge on any atom is 0.213 e. The highest BCUT2D eigenvalue weighted by atomic mass is 127. The summed E-state index contributed by atoms with van der Waals surface area (Å²) in [7, 11) is 1.52. The molecule has 0 amide bonds. The zero-order valence-electron chi connectivity index (χ0n) is 5.87. The molecule has 0 saturated heterocycles. The van der Waals surface area contributed by atoms with Crippen molar-refractivity contribution >= 4 is 28.9 Å². The lowest BCUT2D eigenvalue weighted by molar-refractivity contribution is 0.112. The minimum Gasteiger partial charge on any atom is -0.481 e. The summed E-state index contributed by atoms with van der Waals surface area (Å²) in [6.07, 6.45) is 2.38. The van der Waals surface area contributed by atoms with Crippen LogP contribution in [0.2, 0.25) is 0 Å². The number of hydrogen-bond acceptors (Lipinski definition) is 3. The molecule has 0 aliphatic rings. The van der Waals surface area contributed by atoms with E-state index in [0.29, 0.717) is 11.4 Å². The summed E-state index contributed by atoms with van der Waals surface area (Å²) in [5, 5.41) is 0. The van der Waals surface area contributed by atoms with E-state index in [1.54, 1.807) is 12.3 Å². The fraction of sp³-hybridized carbons (Fsp3) is 0.143. The number of carbonyl (C=O) groups excluding carboxylic acids is 1. The van der Waals surface area contributed by atoms with Gasteiger partial charge < -0.3 is 4.74 Å². The first kappa shape index (κ1) is 8.45. The first-order valence-electron chi connectivity index (χ1n) is 2.92. The quantitative estimate of drug-likeness (QED) is 0.599. The predicted molar refractivity (Wildman–Crippen MR) is 48.9 cm³/mol. The molecular weight excluding hydrogens is 257 g/mol. The lowest BCUT2D eigenvalue weighted by atomic mass is 10.3. The van der Waals surface area contributed by atoms with E-state index in [2.05, 4.69) is 4.98 Å². The third kappa shape index (κ3) is 1.89. The van der Waals surface area contributed by atoms with E-state index in [4.69, 9.17) is 4.74 Å². The molecule has 0 radical (unpaired) electrons. The Bertz CT molecular complexity index is 275. The second kappa shape index (κ2) is 3.66. The number of hydrogen-bond donors (Lipinski definition) is 0. The molecule has 0 unspecified atom stereocenters. The molecule has 11 heavy (non-hydrogen) atoms. The standard InChI is InChI=1S/C7H6INO2/c1-11-7-2-5(4-10)6(8)3-9-7/h2-4H,1H3. The Morgan fingerprint density at radius 1 is 1.73 bits per heavy atom. The number of methoxy groups -OCH3 is 1. The van der Waals surface area contributed by atoms with Crippen molar-refractivity contribution in [2.45, 2.75) is 0 Å². The first-order valence-corrected chi connectivity index (χ1v) is 4.00. The lowest BCUT2D eigenvalue weighted by Gasteiger charge is -1.99. The number of pyridine rings is 1. The molecule has 3 nitrogen and oxygen atoms in total. The van der Waals surface area contributed by atoms with Gasteiger partial charge in [-0.3, -0.25) is 4.79 Å². The molecule has 58 valence electrons. The lowest BCUT2D eigenvalue weighted by Crippen LogP contribution is -1.92. The summed E-state index contributed by atoms with van der Waals surface area (Å²) in [5.74, 6) is 0.465. The molecule has 1 rings (SSSR count). The maximum atomic E-state index is 10.4. The molecule has 1 aromatic heterocycles. The summed E-state index contributed by atoms with van der Waals surface area (Å²) in [5.41, 5.74) is 0.609. The van der Waals surface area contributed by atoms with Crippen molar-refractivity contribution < 1.29 is 9.53 Å². The van der Waals surface area contributed by atoms with Crippen molar-refractivity contribution in [1.29, 1.82) is 0 Å². The van der Waals surface area contributed by atoms with Crippen LogP contribution >= 0.6 is 22.6 Å². The highest BCUT2D eigenvalue weighted by Crippen LogP contribution is 2.13. The summed E-state index contributed by atoms with van der Waals surface area (Å²) in [6, 6.07) is 1.61. The molecule has 0 N–H and O–H groups in total.